The Kier molecular flexibility index (Phi) is 4.72. The van der Waals surface area contributed by atoms with Crippen molar-refractivity contribution in [3.05, 3.63) is 0 Å². The van der Waals surface area contributed by atoms with Crippen molar-refractivity contribution in [3.63, 3.8) is 0 Å². The highest BCUT2D eigenvalue weighted by Crippen LogP contribution is 1.67. The second kappa shape index (κ2) is 5.24. The zero-order chi connectivity index (χ0) is 7.11. The molecule has 1 amide bonds. The van der Waals surface area contributed by atoms with Crippen molar-refractivity contribution in [1.29, 1.82) is 0 Å². The van der Waals surface area contributed by atoms with Crippen LogP contribution in [0.2, 0.25) is 0 Å². The van der Waals surface area contributed by atoms with Gasteiger partial charge in [-0.3, -0.25) is 4.79 Å². The molecule has 0 saturated carbocycles. The molecule has 0 rings (SSSR count). The molecule has 4 nitrogen and oxygen atoms in total. The summed E-state index contributed by atoms with van der Waals surface area (Å²) in [6.07, 6.45) is 1.49. The van der Waals surface area contributed by atoms with Gasteiger partial charge in [0.1, 0.15) is 6.61 Å². The number of hydrogen-bond donors (Lipinski definition) is 1. The molecule has 9 heavy (non-hydrogen) atoms. The first kappa shape index (κ1) is 8.10. The number of nitrogens with one attached hydrogen (secondary N) is 1. The fourth-order valence-electron chi connectivity index (χ4n) is 0.300. The Morgan fingerprint density at radius 1 is 1.89 bits per heavy atom. The predicted octanol–water partition coefficient (Wildman–Crippen LogP) is -0.245. The third-order valence-electron chi connectivity index (χ3n) is 0.594. The number of carbonyl (C=O) groups is 1. The van der Waals surface area contributed by atoms with Crippen molar-refractivity contribution in [1.82, 2.24) is 5.43 Å². The van der Waals surface area contributed by atoms with E-state index < -0.39 is 0 Å². The lowest BCUT2D eigenvalue weighted by Gasteiger charge is -1.94. The van der Waals surface area contributed by atoms with Crippen LogP contribution < -0.4 is 5.43 Å². The Balaban J connectivity index is 3.27. The fraction of sp³-hybridized carbons (Fsp3) is 0.600. The molecule has 1 N–H and O–H groups in total. The van der Waals surface area contributed by atoms with Crippen LogP contribution in [0.4, 0.5) is 0 Å². The van der Waals surface area contributed by atoms with Crippen LogP contribution in [0.15, 0.2) is 5.10 Å². The number of hydrazone groups is 1. The summed E-state index contributed by atoms with van der Waals surface area (Å²) in [5.74, 6) is -0.240. The molecule has 0 radical (unpaired) electrons. The third-order valence-corrected chi connectivity index (χ3v) is 0.594. The first-order valence-corrected chi connectivity index (χ1v) is 2.56. The van der Waals surface area contributed by atoms with Gasteiger partial charge in [0, 0.05) is 13.3 Å². The molecule has 0 aromatic heterocycles. The summed E-state index contributed by atoms with van der Waals surface area (Å²) in [4.78, 5) is 10.5. The highest BCUT2D eigenvalue weighted by molar-refractivity contribution is 5.77. The van der Waals surface area contributed by atoms with Crippen LogP contribution in [0.3, 0.4) is 0 Å². The third kappa shape index (κ3) is 4.96. The highest BCUT2D eigenvalue weighted by atomic mass is 16.5. The molecule has 4 heteroatoms. The average molecular weight is 130 g/mol. The number of carbonyl (C=O) groups excluding carboxylic acids is 1. The number of ether oxygens (including phenoxy) is 1. The topological polar surface area (TPSA) is 50.7 Å². The largest absolute Gasteiger partial charge is 0.375 e. The van der Waals surface area contributed by atoms with Crippen LogP contribution in [-0.4, -0.2) is 25.8 Å². The Morgan fingerprint density at radius 2 is 2.56 bits per heavy atom. The molecule has 0 spiro atoms. The van der Waals surface area contributed by atoms with Gasteiger partial charge < -0.3 is 4.74 Å². The number of rotatable bonds is 3. The lowest BCUT2D eigenvalue weighted by Crippen LogP contribution is -2.21. The molecular weight excluding hydrogens is 120 g/mol. The van der Waals surface area contributed by atoms with Crippen molar-refractivity contribution in [3.8, 4) is 0 Å². The quantitative estimate of drug-likeness (QED) is 0.423. The zero-order valence-electron chi connectivity index (χ0n) is 5.55. The van der Waals surface area contributed by atoms with E-state index in [1.807, 2.05) is 0 Å². The Labute approximate surface area is 53.9 Å². The van der Waals surface area contributed by atoms with Gasteiger partial charge in [0.25, 0.3) is 5.91 Å². The minimum atomic E-state index is -0.240. The fourth-order valence-corrected chi connectivity index (χ4v) is 0.300. The van der Waals surface area contributed by atoms with Crippen LogP contribution in [-0.2, 0) is 9.53 Å². The van der Waals surface area contributed by atoms with Crippen molar-refractivity contribution >= 4 is 12.1 Å². The van der Waals surface area contributed by atoms with E-state index >= 15 is 0 Å². The standard InChI is InChI=1S/C5H10N2O2/c1-3-6-7-5(8)4-9-2/h3H,4H2,1-2H3,(H,7,8). The Morgan fingerprint density at radius 3 is 3.00 bits per heavy atom. The van der Waals surface area contributed by atoms with E-state index in [1.165, 1.54) is 13.3 Å². The Bertz CT molecular complexity index is 112. The minimum absolute atomic E-state index is 0.0529. The lowest BCUT2D eigenvalue weighted by molar-refractivity contribution is -0.124. The van der Waals surface area contributed by atoms with Gasteiger partial charge in [-0.25, -0.2) is 5.43 Å². The summed E-state index contributed by atoms with van der Waals surface area (Å²) < 4.78 is 4.51. The molecule has 0 aliphatic heterocycles. The SMILES string of the molecule is CC=NNC(=O)COC. The van der Waals surface area contributed by atoms with Gasteiger partial charge in [-0.15, -0.1) is 0 Å². The van der Waals surface area contributed by atoms with E-state index in [4.69, 9.17) is 0 Å². The molecule has 0 bridgehead atoms. The van der Waals surface area contributed by atoms with Crippen molar-refractivity contribution < 1.29 is 9.53 Å². The molecule has 0 atom stereocenters. The van der Waals surface area contributed by atoms with Gasteiger partial charge in [-0.05, 0) is 6.92 Å². The van der Waals surface area contributed by atoms with Crippen molar-refractivity contribution in [2.75, 3.05) is 13.7 Å². The van der Waals surface area contributed by atoms with Gasteiger partial charge in [0.15, 0.2) is 0 Å². The van der Waals surface area contributed by atoms with Crippen LogP contribution in [0.5, 0.6) is 0 Å². The first-order chi connectivity index (χ1) is 4.31. The number of hydrogen-bond acceptors (Lipinski definition) is 3. The molecule has 0 aromatic carbocycles. The van der Waals surface area contributed by atoms with Crippen molar-refractivity contribution in [2.24, 2.45) is 5.10 Å². The number of nitrogens with zero attached hydrogens (tertiary/aromatic N) is 1. The lowest BCUT2D eigenvalue weighted by atomic mass is 10.7. The second-order valence-electron chi connectivity index (χ2n) is 1.36. The van der Waals surface area contributed by atoms with E-state index in [1.54, 1.807) is 6.92 Å². The number of amides is 1. The maximum atomic E-state index is 10.5. The van der Waals surface area contributed by atoms with Crippen LogP contribution in [0, 0.1) is 0 Å². The molecule has 52 valence electrons. The van der Waals surface area contributed by atoms with Gasteiger partial charge in [0.05, 0.1) is 0 Å². The van der Waals surface area contributed by atoms with Gasteiger partial charge in [-0.1, -0.05) is 0 Å². The maximum Gasteiger partial charge on any atom is 0.266 e. The summed E-state index contributed by atoms with van der Waals surface area (Å²) in [5, 5.41) is 3.49. The molecule has 0 saturated heterocycles. The van der Waals surface area contributed by atoms with Crippen LogP contribution in [0.25, 0.3) is 0 Å². The van der Waals surface area contributed by atoms with Crippen LogP contribution in [0.1, 0.15) is 6.92 Å². The second-order valence-corrected chi connectivity index (χ2v) is 1.36. The molecule has 0 fully saturated rings. The van der Waals surface area contributed by atoms with Gasteiger partial charge in [-0.2, -0.15) is 5.10 Å². The van der Waals surface area contributed by atoms with E-state index in [0.717, 1.165) is 0 Å². The predicted molar refractivity (Wildman–Crippen MR) is 34.2 cm³/mol. The zero-order valence-corrected chi connectivity index (χ0v) is 5.55. The van der Waals surface area contributed by atoms with Crippen LogP contribution >= 0.6 is 0 Å². The summed E-state index contributed by atoms with van der Waals surface area (Å²) in [6, 6.07) is 0. The molecule has 0 aliphatic rings. The normalized spacial score (nSPS) is 10.0. The first-order valence-electron chi connectivity index (χ1n) is 2.56. The highest BCUT2D eigenvalue weighted by Gasteiger charge is 1.93. The average Bonchev–Trinajstić information content (AvgIpc) is 1.85. The molecule has 0 aromatic rings. The van der Waals surface area contributed by atoms with Gasteiger partial charge in [0.2, 0.25) is 0 Å². The van der Waals surface area contributed by atoms with E-state index in [-0.39, 0.29) is 12.5 Å². The monoisotopic (exact) mass is 130 g/mol. The van der Waals surface area contributed by atoms with Gasteiger partial charge >= 0.3 is 0 Å². The van der Waals surface area contributed by atoms with E-state index in [2.05, 4.69) is 15.3 Å². The molecular formula is C5H10N2O2. The van der Waals surface area contributed by atoms with E-state index in [0.29, 0.717) is 0 Å². The molecule has 0 heterocycles. The molecule has 0 aliphatic carbocycles. The summed E-state index contributed by atoms with van der Waals surface area (Å²) >= 11 is 0. The summed E-state index contributed by atoms with van der Waals surface area (Å²) in [5.41, 5.74) is 2.24. The Hall–Kier alpha value is -0.900. The smallest absolute Gasteiger partial charge is 0.266 e. The number of methoxy groups -OCH3 is 1. The summed E-state index contributed by atoms with van der Waals surface area (Å²) in [7, 11) is 1.45. The maximum absolute atomic E-state index is 10.5. The van der Waals surface area contributed by atoms with Crippen molar-refractivity contribution in [2.45, 2.75) is 6.92 Å². The van der Waals surface area contributed by atoms with E-state index in [9.17, 15) is 4.79 Å². The minimum Gasteiger partial charge on any atom is -0.375 e. The molecule has 0 unspecified atom stereocenters. The summed E-state index contributed by atoms with van der Waals surface area (Å²) in [6.45, 7) is 1.77.